The maximum Gasteiger partial charge on any atom is 0.272 e. The maximum atomic E-state index is 13.1. The predicted molar refractivity (Wildman–Crippen MR) is 101 cm³/mol. The van der Waals surface area contributed by atoms with Crippen LogP contribution in [0.25, 0.3) is 11.3 Å². The standard InChI is InChI=1S/C21H22N4O/c1-15-7-9-16(10-8-15)18-13-19(24-23-18)21(26)25-12-3-2-6-20(25)17-5-4-11-22-14-17/h4-5,7-11,13-14,20H,2-3,6,12H2,1H3,(H,23,24)/t20-/m0/s1. The molecular formula is C21H22N4O. The van der Waals surface area contributed by atoms with Crippen LogP contribution in [0.4, 0.5) is 0 Å². The fourth-order valence-corrected chi connectivity index (χ4v) is 3.55. The number of hydrogen-bond donors (Lipinski definition) is 1. The molecule has 0 spiro atoms. The van der Waals surface area contributed by atoms with E-state index in [1.165, 1.54) is 5.56 Å². The van der Waals surface area contributed by atoms with Crippen molar-refractivity contribution in [1.29, 1.82) is 0 Å². The number of nitrogens with one attached hydrogen (secondary N) is 1. The molecule has 2 aromatic heterocycles. The quantitative estimate of drug-likeness (QED) is 0.775. The number of hydrogen-bond acceptors (Lipinski definition) is 3. The first-order chi connectivity index (χ1) is 12.7. The number of aromatic amines is 1. The van der Waals surface area contributed by atoms with E-state index >= 15 is 0 Å². The van der Waals surface area contributed by atoms with Gasteiger partial charge in [0.15, 0.2) is 0 Å². The van der Waals surface area contributed by atoms with Crippen molar-refractivity contribution in [2.75, 3.05) is 6.54 Å². The van der Waals surface area contributed by atoms with Gasteiger partial charge in [0.1, 0.15) is 5.69 Å². The van der Waals surface area contributed by atoms with Gasteiger partial charge in [-0.15, -0.1) is 0 Å². The molecule has 1 saturated heterocycles. The minimum atomic E-state index is 0.00409. The summed E-state index contributed by atoms with van der Waals surface area (Å²) in [6, 6.07) is 14.1. The third-order valence-corrected chi connectivity index (χ3v) is 4.99. The summed E-state index contributed by atoms with van der Waals surface area (Å²) in [6.07, 6.45) is 6.75. The number of nitrogens with zero attached hydrogens (tertiary/aromatic N) is 3. The van der Waals surface area contributed by atoms with Crippen molar-refractivity contribution in [3.63, 3.8) is 0 Å². The zero-order valence-corrected chi connectivity index (χ0v) is 14.9. The van der Waals surface area contributed by atoms with Crippen molar-refractivity contribution in [1.82, 2.24) is 20.1 Å². The van der Waals surface area contributed by atoms with Gasteiger partial charge >= 0.3 is 0 Å². The molecule has 0 radical (unpaired) electrons. The summed E-state index contributed by atoms with van der Waals surface area (Å²) >= 11 is 0. The van der Waals surface area contributed by atoms with Gasteiger partial charge in [0.2, 0.25) is 0 Å². The second-order valence-electron chi connectivity index (χ2n) is 6.83. The van der Waals surface area contributed by atoms with Crippen LogP contribution in [0.2, 0.25) is 0 Å². The smallest absolute Gasteiger partial charge is 0.272 e. The molecule has 5 heteroatoms. The van der Waals surface area contributed by atoms with E-state index in [-0.39, 0.29) is 11.9 Å². The van der Waals surface area contributed by atoms with Crippen molar-refractivity contribution in [2.24, 2.45) is 0 Å². The van der Waals surface area contributed by atoms with Crippen LogP contribution in [-0.4, -0.2) is 32.5 Å². The molecule has 0 bridgehead atoms. The highest BCUT2D eigenvalue weighted by Gasteiger charge is 2.29. The predicted octanol–water partition coefficient (Wildman–Crippen LogP) is 4.15. The summed E-state index contributed by atoms with van der Waals surface area (Å²) in [5.74, 6) is 0.00409. The Hall–Kier alpha value is -2.95. The Labute approximate surface area is 153 Å². The molecule has 0 unspecified atom stereocenters. The van der Waals surface area contributed by atoms with E-state index in [4.69, 9.17) is 0 Å². The molecule has 1 N–H and O–H groups in total. The Morgan fingerprint density at radius 2 is 2.04 bits per heavy atom. The van der Waals surface area contributed by atoms with Crippen LogP contribution in [0.15, 0.2) is 54.9 Å². The lowest BCUT2D eigenvalue weighted by molar-refractivity contribution is 0.0605. The molecule has 1 aliphatic rings. The monoisotopic (exact) mass is 346 g/mol. The molecular weight excluding hydrogens is 324 g/mol. The summed E-state index contributed by atoms with van der Waals surface area (Å²) < 4.78 is 0. The SMILES string of the molecule is Cc1ccc(-c2cc(C(=O)N3CCCC[C@H]3c3cccnc3)[nH]n2)cc1. The van der Waals surface area contributed by atoms with Crippen LogP contribution < -0.4 is 0 Å². The fraction of sp³-hybridized carbons (Fsp3) is 0.286. The van der Waals surface area contributed by atoms with Gasteiger partial charge in [-0.1, -0.05) is 35.9 Å². The number of amides is 1. The average Bonchev–Trinajstić information content (AvgIpc) is 3.19. The van der Waals surface area contributed by atoms with E-state index in [1.54, 1.807) is 6.20 Å². The van der Waals surface area contributed by atoms with E-state index in [1.807, 2.05) is 41.4 Å². The zero-order valence-electron chi connectivity index (χ0n) is 14.9. The molecule has 1 aromatic carbocycles. The fourth-order valence-electron chi connectivity index (χ4n) is 3.55. The topological polar surface area (TPSA) is 61.9 Å². The van der Waals surface area contributed by atoms with Crippen molar-refractivity contribution in [2.45, 2.75) is 32.2 Å². The van der Waals surface area contributed by atoms with Crippen LogP contribution >= 0.6 is 0 Å². The number of aromatic nitrogens is 3. The summed E-state index contributed by atoms with van der Waals surface area (Å²) in [5, 5.41) is 7.28. The number of carbonyl (C=O) groups is 1. The van der Waals surface area contributed by atoms with Crippen LogP contribution in [0.3, 0.4) is 0 Å². The van der Waals surface area contributed by atoms with Crippen LogP contribution in [-0.2, 0) is 0 Å². The number of piperidine rings is 1. The van der Waals surface area contributed by atoms with Crippen LogP contribution in [0, 0.1) is 6.92 Å². The highest BCUT2D eigenvalue weighted by atomic mass is 16.2. The van der Waals surface area contributed by atoms with E-state index < -0.39 is 0 Å². The summed E-state index contributed by atoms with van der Waals surface area (Å²) in [6.45, 7) is 2.81. The number of benzene rings is 1. The molecule has 3 aromatic rings. The largest absolute Gasteiger partial charge is 0.330 e. The third kappa shape index (κ3) is 3.25. The van der Waals surface area contributed by atoms with Gasteiger partial charge in [-0.05, 0) is 43.9 Å². The normalized spacial score (nSPS) is 17.3. The lowest BCUT2D eigenvalue weighted by Crippen LogP contribution is -2.38. The molecule has 1 amide bonds. The Morgan fingerprint density at radius 1 is 1.19 bits per heavy atom. The second-order valence-corrected chi connectivity index (χ2v) is 6.83. The molecule has 4 rings (SSSR count). The van der Waals surface area contributed by atoms with Gasteiger partial charge in [-0.25, -0.2) is 0 Å². The second kappa shape index (κ2) is 7.12. The zero-order chi connectivity index (χ0) is 17.9. The van der Waals surface area contributed by atoms with E-state index in [0.29, 0.717) is 5.69 Å². The number of carbonyl (C=O) groups excluding carboxylic acids is 1. The molecule has 0 saturated carbocycles. The number of H-pyrrole nitrogens is 1. The van der Waals surface area contributed by atoms with Gasteiger partial charge in [0, 0.05) is 24.5 Å². The highest BCUT2D eigenvalue weighted by molar-refractivity contribution is 5.93. The number of likely N-dealkylation sites (tertiary alicyclic amines) is 1. The Bertz CT molecular complexity index is 886. The van der Waals surface area contributed by atoms with Crippen molar-refractivity contribution in [3.05, 3.63) is 71.7 Å². The Morgan fingerprint density at radius 3 is 2.81 bits per heavy atom. The van der Waals surface area contributed by atoms with Gasteiger partial charge in [0.25, 0.3) is 5.91 Å². The summed E-state index contributed by atoms with van der Waals surface area (Å²) in [5.41, 5.74) is 4.64. The molecule has 1 atom stereocenters. The first-order valence-corrected chi connectivity index (χ1v) is 9.06. The summed E-state index contributed by atoms with van der Waals surface area (Å²) in [4.78, 5) is 19.3. The molecule has 26 heavy (non-hydrogen) atoms. The van der Waals surface area contributed by atoms with Crippen molar-refractivity contribution < 1.29 is 4.79 Å². The van der Waals surface area contributed by atoms with E-state index in [0.717, 1.165) is 42.6 Å². The Kier molecular flexibility index (Phi) is 4.52. The van der Waals surface area contributed by atoms with Gasteiger partial charge in [0.05, 0.1) is 11.7 Å². The summed E-state index contributed by atoms with van der Waals surface area (Å²) in [7, 11) is 0. The first-order valence-electron chi connectivity index (χ1n) is 9.06. The third-order valence-electron chi connectivity index (χ3n) is 4.99. The Balaban J connectivity index is 1.59. The van der Waals surface area contributed by atoms with Crippen LogP contribution in [0.1, 0.15) is 46.9 Å². The molecule has 1 fully saturated rings. The number of aryl methyl sites for hydroxylation is 1. The molecule has 1 aliphatic heterocycles. The number of pyridine rings is 1. The first kappa shape index (κ1) is 16.5. The van der Waals surface area contributed by atoms with Crippen molar-refractivity contribution in [3.8, 4) is 11.3 Å². The van der Waals surface area contributed by atoms with E-state index in [9.17, 15) is 4.79 Å². The highest BCUT2D eigenvalue weighted by Crippen LogP contribution is 2.31. The average molecular weight is 346 g/mol. The minimum Gasteiger partial charge on any atom is -0.330 e. The lowest BCUT2D eigenvalue weighted by atomic mass is 9.96. The molecule has 3 heterocycles. The lowest BCUT2D eigenvalue weighted by Gasteiger charge is -2.35. The van der Waals surface area contributed by atoms with Crippen LogP contribution in [0.5, 0.6) is 0 Å². The molecule has 5 nitrogen and oxygen atoms in total. The number of rotatable bonds is 3. The van der Waals surface area contributed by atoms with Gasteiger partial charge < -0.3 is 4.90 Å². The molecule has 0 aliphatic carbocycles. The van der Waals surface area contributed by atoms with Gasteiger partial charge in [-0.2, -0.15) is 5.10 Å². The van der Waals surface area contributed by atoms with E-state index in [2.05, 4.69) is 34.2 Å². The van der Waals surface area contributed by atoms with Crippen molar-refractivity contribution >= 4 is 5.91 Å². The van der Waals surface area contributed by atoms with Gasteiger partial charge in [-0.3, -0.25) is 14.9 Å². The maximum absolute atomic E-state index is 13.1. The minimum absolute atomic E-state index is 0.00409. The molecule has 132 valence electrons.